The van der Waals surface area contributed by atoms with Crippen LogP contribution in [0.1, 0.15) is 37.7 Å². The maximum absolute atomic E-state index is 11.8. The second-order valence-electron chi connectivity index (χ2n) is 4.80. The minimum absolute atomic E-state index is 0.132. The molecule has 1 aliphatic rings. The summed E-state index contributed by atoms with van der Waals surface area (Å²) in [6.07, 6.45) is 5.93. The van der Waals surface area contributed by atoms with Crippen LogP contribution < -0.4 is 5.32 Å². The zero-order valence-corrected chi connectivity index (χ0v) is 11.7. The molecule has 18 heavy (non-hydrogen) atoms. The molecule has 1 aromatic carbocycles. The van der Waals surface area contributed by atoms with Crippen LogP contribution in [0.2, 0.25) is 10.0 Å². The Kier molecular flexibility index (Phi) is 4.90. The first-order valence-corrected chi connectivity index (χ1v) is 7.14. The Morgan fingerprint density at radius 3 is 2.61 bits per heavy atom. The highest BCUT2D eigenvalue weighted by Crippen LogP contribution is 2.23. The highest BCUT2D eigenvalue weighted by molar-refractivity contribution is 6.42. The van der Waals surface area contributed by atoms with Crippen LogP contribution in [0, 0.1) is 0 Å². The van der Waals surface area contributed by atoms with Crippen molar-refractivity contribution in [2.75, 3.05) is 0 Å². The Hall–Kier alpha value is -0.730. The maximum Gasteiger partial charge on any atom is 0.220 e. The number of nitrogens with one attached hydrogen (secondary N) is 1. The van der Waals surface area contributed by atoms with Crippen molar-refractivity contribution in [3.63, 3.8) is 0 Å². The molecule has 0 bridgehead atoms. The van der Waals surface area contributed by atoms with Gasteiger partial charge in [-0.2, -0.15) is 0 Å². The molecule has 1 amide bonds. The van der Waals surface area contributed by atoms with Gasteiger partial charge in [0, 0.05) is 12.5 Å². The zero-order chi connectivity index (χ0) is 13.0. The standard InChI is InChI=1S/C14H17Cl2NO/c15-12-7-5-10(9-13(12)16)6-8-14(18)17-11-3-1-2-4-11/h5,7,9,11H,1-4,6,8H2,(H,17,18). The molecule has 98 valence electrons. The topological polar surface area (TPSA) is 29.1 Å². The molecule has 0 aromatic heterocycles. The number of carbonyl (C=O) groups excluding carboxylic acids is 1. The third kappa shape index (κ3) is 3.89. The molecule has 0 radical (unpaired) electrons. The number of carbonyl (C=O) groups is 1. The lowest BCUT2D eigenvalue weighted by atomic mass is 10.1. The van der Waals surface area contributed by atoms with E-state index >= 15 is 0 Å². The van der Waals surface area contributed by atoms with Gasteiger partial charge >= 0.3 is 0 Å². The van der Waals surface area contributed by atoms with E-state index in [1.807, 2.05) is 12.1 Å². The average molecular weight is 286 g/mol. The number of halogens is 2. The van der Waals surface area contributed by atoms with E-state index in [0.717, 1.165) is 18.4 Å². The number of benzene rings is 1. The third-order valence-electron chi connectivity index (χ3n) is 3.35. The van der Waals surface area contributed by atoms with Crippen LogP contribution in [0.3, 0.4) is 0 Å². The lowest BCUT2D eigenvalue weighted by Gasteiger charge is -2.11. The predicted octanol–water partition coefficient (Wildman–Crippen LogP) is 3.98. The summed E-state index contributed by atoms with van der Waals surface area (Å²) in [5, 5.41) is 4.18. The highest BCUT2D eigenvalue weighted by atomic mass is 35.5. The van der Waals surface area contributed by atoms with E-state index in [9.17, 15) is 4.79 Å². The van der Waals surface area contributed by atoms with Gasteiger partial charge in [-0.1, -0.05) is 42.1 Å². The summed E-state index contributed by atoms with van der Waals surface area (Å²) in [5.41, 5.74) is 1.05. The Balaban J connectivity index is 1.79. The molecule has 0 saturated heterocycles. The number of hydrogen-bond donors (Lipinski definition) is 1. The van der Waals surface area contributed by atoms with E-state index in [1.165, 1.54) is 12.8 Å². The number of rotatable bonds is 4. The Bertz CT molecular complexity index is 428. The molecule has 2 rings (SSSR count). The van der Waals surface area contributed by atoms with Crippen molar-refractivity contribution < 1.29 is 4.79 Å². The number of aryl methyl sites for hydroxylation is 1. The zero-order valence-electron chi connectivity index (χ0n) is 10.2. The summed E-state index contributed by atoms with van der Waals surface area (Å²) in [7, 11) is 0. The second-order valence-corrected chi connectivity index (χ2v) is 5.61. The molecule has 0 spiro atoms. The maximum atomic E-state index is 11.8. The first-order chi connectivity index (χ1) is 8.65. The van der Waals surface area contributed by atoms with E-state index < -0.39 is 0 Å². The summed E-state index contributed by atoms with van der Waals surface area (Å²) < 4.78 is 0. The van der Waals surface area contributed by atoms with Gasteiger partial charge in [0.1, 0.15) is 0 Å². The minimum Gasteiger partial charge on any atom is -0.353 e. The lowest BCUT2D eigenvalue weighted by molar-refractivity contribution is -0.121. The fourth-order valence-corrected chi connectivity index (χ4v) is 2.64. The highest BCUT2D eigenvalue weighted by Gasteiger charge is 2.16. The average Bonchev–Trinajstić information content (AvgIpc) is 2.83. The van der Waals surface area contributed by atoms with Crippen molar-refractivity contribution in [3.8, 4) is 0 Å². The molecule has 0 heterocycles. The van der Waals surface area contributed by atoms with E-state index in [0.29, 0.717) is 28.9 Å². The molecular weight excluding hydrogens is 269 g/mol. The fraction of sp³-hybridized carbons (Fsp3) is 0.500. The molecule has 0 atom stereocenters. The fourth-order valence-electron chi connectivity index (χ4n) is 2.32. The van der Waals surface area contributed by atoms with Crippen molar-refractivity contribution in [1.29, 1.82) is 0 Å². The van der Waals surface area contributed by atoms with Crippen molar-refractivity contribution in [1.82, 2.24) is 5.32 Å². The largest absolute Gasteiger partial charge is 0.353 e. The second kappa shape index (κ2) is 6.44. The van der Waals surface area contributed by atoms with Gasteiger partial charge in [-0.3, -0.25) is 4.79 Å². The normalized spacial score (nSPS) is 15.9. The first kappa shape index (κ1) is 13.7. The van der Waals surface area contributed by atoms with Crippen LogP contribution in [-0.2, 0) is 11.2 Å². The number of hydrogen-bond acceptors (Lipinski definition) is 1. The molecule has 1 saturated carbocycles. The summed E-state index contributed by atoms with van der Waals surface area (Å²) >= 11 is 11.8. The summed E-state index contributed by atoms with van der Waals surface area (Å²) in [6.45, 7) is 0. The summed E-state index contributed by atoms with van der Waals surface area (Å²) in [4.78, 5) is 11.8. The van der Waals surface area contributed by atoms with Gasteiger partial charge in [-0.25, -0.2) is 0 Å². The van der Waals surface area contributed by atoms with Gasteiger partial charge in [0.2, 0.25) is 5.91 Å². The Morgan fingerprint density at radius 1 is 1.22 bits per heavy atom. The van der Waals surface area contributed by atoms with Crippen molar-refractivity contribution >= 4 is 29.1 Å². The molecule has 1 N–H and O–H groups in total. The van der Waals surface area contributed by atoms with E-state index in [2.05, 4.69) is 5.32 Å². The number of amides is 1. The third-order valence-corrected chi connectivity index (χ3v) is 4.08. The summed E-state index contributed by atoms with van der Waals surface area (Å²) in [6, 6.07) is 5.91. The van der Waals surface area contributed by atoms with Crippen molar-refractivity contribution in [2.24, 2.45) is 0 Å². The molecule has 0 aliphatic heterocycles. The van der Waals surface area contributed by atoms with Crippen molar-refractivity contribution in [2.45, 2.75) is 44.6 Å². The van der Waals surface area contributed by atoms with Gasteiger partial charge in [0.05, 0.1) is 10.0 Å². The smallest absolute Gasteiger partial charge is 0.220 e. The Labute approximate surface area is 118 Å². The van der Waals surface area contributed by atoms with Gasteiger partial charge < -0.3 is 5.32 Å². The molecule has 1 aliphatic carbocycles. The SMILES string of the molecule is O=C(CCc1ccc(Cl)c(Cl)c1)NC1CCCC1. The van der Waals surface area contributed by atoms with E-state index in [-0.39, 0.29) is 5.91 Å². The van der Waals surface area contributed by atoms with Gasteiger partial charge in [-0.05, 0) is 37.0 Å². The van der Waals surface area contributed by atoms with Gasteiger partial charge in [-0.15, -0.1) is 0 Å². The molecule has 4 heteroatoms. The molecule has 1 fully saturated rings. The molecule has 2 nitrogen and oxygen atoms in total. The van der Waals surface area contributed by atoms with Crippen LogP contribution in [-0.4, -0.2) is 11.9 Å². The molecular formula is C14H17Cl2NO. The van der Waals surface area contributed by atoms with Crippen LogP contribution in [0.25, 0.3) is 0 Å². The van der Waals surface area contributed by atoms with Crippen LogP contribution in [0.4, 0.5) is 0 Å². The van der Waals surface area contributed by atoms with Crippen LogP contribution in [0.15, 0.2) is 18.2 Å². The quantitative estimate of drug-likeness (QED) is 0.891. The summed E-state index contributed by atoms with van der Waals surface area (Å²) in [5.74, 6) is 0.132. The molecule has 0 unspecified atom stereocenters. The Morgan fingerprint density at radius 2 is 1.94 bits per heavy atom. The van der Waals surface area contributed by atoms with Crippen molar-refractivity contribution in [3.05, 3.63) is 33.8 Å². The van der Waals surface area contributed by atoms with Crippen LogP contribution >= 0.6 is 23.2 Å². The monoisotopic (exact) mass is 285 g/mol. The van der Waals surface area contributed by atoms with Gasteiger partial charge in [0.15, 0.2) is 0 Å². The van der Waals surface area contributed by atoms with Gasteiger partial charge in [0.25, 0.3) is 0 Å². The lowest BCUT2D eigenvalue weighted by Crippen LogP contribution is -2.32. The van der Waals surface area contributed by atoms with Crippen LogP contribution in [0.5, 0.6) is 0 Å². The van der Waals surface area contributed by atoms with E-state index in [4.69, 9.17) is 23.2 Å². The minimum atomic E-state index is 0.132. The predicted molar refractivity (Wildman–Crippen MR) is 75.2 cm³/mol. The molecule has 1 aromatic rings. The first-order valence-electron chi connectivity index (χ1n) is 6.38. The van der Waals surface area contributed by atoms with E-state index in [1.54, 1.807) is 6.07 Å².